The molecule has 0 spiro atoms. The molecular weight excluding hydrogens is 548 g/mol. The van der Waals surface area contributed by atoms with Gasteiger partial charge in [0.05, 0.1) is 27.9 Å². The number of aromatic nitrogens is 2. The Hall–Kier alpha value is -3.18. The van der Waals surface area contributed by atoms with Crippen LogP contribution in [0.15, 0.2) is 80.9 Å². The predicted molar refractivity (Wildman–Crippen MR) is 135 cm³/mol. The number of aliphatic hydroxyl groups excluding tert-OH is 1. The van der Waals surface area contributed by atoms with Gasteiger partial charge in [-0.2, -0.15) is 0 Å². The number of nitrogens with zero attached hydrogens (tertiary/aromatic N) is 3. The van der Waals surface area contributed by atoms with Crippen LogP contribution in [0.5, 0.6) is 0 Å². The Morgan fingerprint density at radius 3 is 2.61 bits per heavy atom. The van der Waals surface area contributed by atoms with Crippen LogP contribution in [0.3, 0.4) is 0 Å². The second-order valence-electron chi connectivity index (χ2n) is 7.59. The summed E-state index contributed by atoms with van der Waals surface area (Å²) in [7, 11) is 0. The topological polar surface area (TPSA) is 96.5 Å². The predicted octanol–water partition coefficient (Wildman–Crippen LogP) is 6.65. The molecule has 1 aliphatic heterocycles. The van der Waals surface area contributed by atoms with Crippen LogP contribution < -0.4 is 4.90 Å². The molecule has 0 saturated carbocycles. The number of benzene rings is 2. The Bertz CT molecular complexity index is 1490. The second-order valence-corrected chi connectivity index (χ2v) is 10.6. The molecule has 1 aliphatic rings. The third-order valence-corrected chi connectivity index (χ3v) is 8.20. The van der Waals surface area contributed by atoms with Gasteiger partial charge in [-0.05, 0) is 47.5 Å². The summed E-state index contributed by atoms with van der Waals surface area (Å²) in [5.41, 5.74) is 1.14. The third kappa shape index (κ3) is 4.64. The maximum Gasteiger partial charge on any atom is 0.296 e. The summed E-state index contributed by atoms with van der Waals surface area (Å²) in [6.45, 7) is 0. The zero-order valence-electron chi connectivity index (χ0n) is 18.0. The number of carbonyl (C=O) groups excluding carboxylic acids is 2. The highest BCUT2D eigenvalue weighted by atomic mass is 35.5. The van der Waals surface area contributed by atoms with Gasteiger partial charge in [0.2, 0.25) is 10.9 Å². The first kappa shape index (κ1) is 24.5. The summed E-state index contributed by atoms with van der Waals surface area (Å²) in [6.07, 6.45) is 1.32. The van der Waals surface area contributed by atoms with Crippen molar-refractivity contribution in [3.8, 4) is 0 Å². The van der Waals surface area contributed by atoms with Crippen LogP contribution in [-0.4, -0.2) is 27.0 Å². The first-order chi connectivity index (χ1) is 17.3. The maximum atomic E-state index is 13.3. The SMILES string of the molecule is O=C(C1=C(O)C(=O)N(c2nnc(SCc3ccc(F)cc3)s2)C1c1ccc(Cl)c(Cl)c1)c1ccco1. The molecule has 0 radical (unpaired) electrons. The van der Waals surface area contributed by atoms with Crippen molar-refractivity contribution in [1.82, 2.24) is 10.2 Å². The van der Waals surface area contributed by atoms with E-state index in [0.29, 0.717) is 20.7 Å². The number of hydrogen-bond donors (Lipinski definition) is 1. The maximum absolute atomic E-state index is 13.3. The second kappa shape index (κ2) is 10.1. The summed E-state index contributed by atoms with van der Waals surface area (Å²) in [4.78, 5) is 27.7. The van der Waals surface area contributed by atoms with Gasteiger partial charge in [0, 0.05) is 5.75 Å². The van der Waals surface area contributed by atoms with Crippen LogP contribution in [0.4, 0.5) is 9.52 Å². The fourth-order valence-electron chi connectivity index (χ4n) is 3.66. The van der Waals surface area contributed by atoms with Gasteiger partial charge in [-0.1, -0.05) is 64.5 Å². The molecule has 5 rings (SSSR count). The molecule has 36 heavy (non-hydrogen) atoms. The number of hydrogen-bond acceptors (Lipinski definition) is 8. The molecule has 3 heterocycles. The lowest BCUT2D eigenvalue weighted by atomic mass is 9.95. The molecule has 0 bridgehead atoms. The number of halogens is 3. The van der Waals surface area contributed by atoms with E-state index in [1.165, 1.54) is 59.3 Å². The highest BCUT2D eigenvalue weighted by Crippen LogP contribution is 2.44. The van der Waals surface area contributed by atoms with Crippen molar-refractivity contribution in [2.24, 2.45) is 0 Å². The molecular formula is C24H14Cl2FN3O4S2. The van der Waals surface area contributed by atoms with Crippen LogP contribution in [0.1, 0.15) is 27.7 Å². The molecule has 7 nitrogen and oxygen atoms in total. The van der Waals surface area contributed by atoms with E-state index in [1.807, 2.05) is 0 Å². The van der Waals surface area contributed by atoms with Crippen LogP contribution >= 0.6 is 46.3 Å². The monoisotopic (exact) mass is 561 g/mol. The minimum atomic E-state index is -1.05. The van der Waals surface area contributed by atoms with E-state index in [-0.39, 0.29) is 27.3 Å². The van der Waals surface area contributed by atoms with E-state index in [4.69, 9.17) is 27.6 Å². The van der Waals surface area contributed by atoms with E-state index >= 15 is 0 Å². The number of thioether (sulfide) groups is 1. The van der Waals surface area contributed by atoms with Gasteiger partial charge < -0.3 is 9.52 Å². The van der Waals surface area contributed by atoms with Crippen molar-refractivity contribution in [2.75, 3.05) is 4.90 Å². The van der Waals surface area contributed by atoms with Gasteiger partial charge in [0.1, 0.15) is 5.82 Å². The number of anilines is 1. The van der Waals surface area contributed by atoms with Crippen molar-refractivity contribution >= 4 is 63.1 Å². The molecule has 0 saturated heterocycles. The number of rotatable bonds is 7. The van der Waals surface area contributed by atoms with E-state index in [0.717, 1.165) is 16.9 Å². The molecule has 4 aromatic rings. The quantitative estimate of drug-likeness (QED) is 0.153. The van der Waals surface area contributed by atoms with Crippen molar-refractivity contribution in [2.45, 2.75) is 16.1 Å². The molecule has 1 atom stereocenters. The molecule has 12 heteroatoms. The van der Waals surface area contributed by atoms with E-state index in [9.17, 15) is 19.1 Å². The summed E-state index contributed by atoms with van der Waals surface area (Å²) >= 11 is 14.8. The molecule has 0 aliphatic carbocycles. The molecule has 2 aromatic heterocycles. The van der Waals surface area contributed by atoms with Crippen LogP contribution in [0.2, 0.25) is 10.0 Å². The smallest absolute Gasteiger partial charge is 0.296 e. The number of ketones is 1. The molecule has 1 unspecified atom stereocenters. The summed E-state index contributed by atoms with van der Waals surface area (Å²) in [6, 6.07) is 12.7. The Morgan fingerprint density at radius 2 is 1.92 bits per heavy atom. The number of carbonyl (C=O) groups is 2. The van der Waals surface area contributed by atoms with E-state index in [1.54, 1.807) is 18.2 Å². The van der Waals surface area contributed by atoms with Crippen molar-refractivity contribution in [3.63, 3.8) is 0 Å². The van der Waals surface area contributed by atoms with Gasteiger partial charge in [-0.25, -0.2) is 4.39 Å². The molecule has 0 fully saturated rings. The van der Waals surface area contributed by atoms with Crippen molar-refractivity contribution in [1.29, 1.82) is 0 Å². The van der Waals surface area contributed by atoms with Crippen molar-refractivity contribution < 1.29 is 23.5 Å². The molecule has 2 aromatic carbocycles. The summed E-state index contributed by atoms with van der Waals surface area (Å²) in [5.74, 6) is -2.04. The zero-order valence-corrected chi connectivity index (χ0v) is 21.2. The fraction of sp³-hybridized carbons (Fsp3) is 0.0833. The standard InChI is InChI=1S/C24H14Cl2FN3O4S2/c25-15-8-5-13(10-16(15)26)19-18(20(31)17-2-1-9-34-17)21(32)22(33)30(19)23-28-29-24(36-23)35-11-12-3-6-14(27)7-4-12/h1-10,19,32H,11H2. The van der Waals surface area contributed by atoms with E-state index < -0.39 is 23.5 Å². The first-order valence-electron chi connectivity index (χ1n) is 10.3. The third-order valence-electron chi connectivity index (χ3n) is 5.33. The average Bonchev–Trinajstić information content (AvgIpc) is 3.61. The van der Waals surface area contributed by atoms with Gasteiger partial charge in [0.25, 0.3) is 5.91 Å². The van der Waals surface area contributed by atoms with Gasteiger partial charge in [0.15, 0.2) is 15.9 Å². The minimum Gasteiger partial charge on any atom is -0.503 e. The fourth-order valence-corrected chi connectivity index (χ4v) is 5.79. The number of furan rings is 1. The minimum absolute atomic E-state index is 0.0379. The highest BCUT2D eigenvalue weighted by Gasteiger charge is 2.46. The number of amides is 1. The van der Waals surface area contributed by atoms with Crippen LogP contribution in [-0.2, 0) is 10.5 Å². The van der Waals surface area contributed by atoms with Crippen molar-refractivity contribution in [3.05, 3.63) is 105 Å². The Balaban J connectivity index is 1.50. The molecule has 182 valence electrons. The summed E-state index contributed by atoms with van der Waals surface area (Å²) in [5, 5.41) is 19.7. The van der Waals surface area contributed by atoms with E-state index in [2.05, 4.69) is 10.2 Å². The average molecular weight is 562 g/mol. The Labute approximate surface area is 222 Å². The lowest BCUT2D eigenvalue weighted by molar-refractivity contribution is -0.117. The van der Waals surface area contributed by atoms with Gasteiger partial charge in [-0.3, -0.25) is 14.5 Å². The highest BCUT2D eigenvalue weighted by molar-refractivity contribution is 8.00. The Morgan fingerprint density at radius 1 is 1.14 bits per heavy atom. The molecule has 1 N–H and O–H groups in total. The lowest BCUT2D eigenvalue weighted by Crippen LogP contribution is -2.31. The number of aliphatic hydroxyl groups is 1. The zero-order chi connectivity index (χ0) is 25.4. The lowest BCUT2D eigenvalue weighted by Gasteiger charge is -2.24. The number of Topliss-reactive ketones (excluding diaryl/α,β-unsaturated/α-hetero) is 1. The normalized spacial score (nSPS) is 15.7. The molecule has 1 amide bonds. The summed E-state index contributed by atoms with van der Waals surface area (Å²) < 4.78 is 18.9. The van der Waals surface area contributed by atoms with Gasteiger partial charge in [-0.15, -0.1) is 10.2 Å². The van der Waals surface area contributed by atoms with Crippen LogP contribution in [0.25, 0.3) is 0 Å². The van der Waals surface area contributed by atoms with Crippen LogP contribution in [0, 0.1) is 5.82 Å². The largest absolute Gasteiger partial charge is 0.503 e. The first-order valence-corrected chi connectivity index (χ1v) is 12.9. The van der Waals surface area contributed by atoms with Gasteiger partial charge >= 0.3 is 0 Å². The Kier molecular flexibility index (Phi) is 6.85.